The summed E-state index contributed by atoms with van der Waals surface area (Å²) >= 11 is 1.29. The van der Waals surface area contributed by atoms with Crippen molar-refractivity contribution in [3.05, 3.63) is 29.1 Å². The maximum absolute atomic E-state index is 12.0. The van der Waals surface area contributed by atoms with Crippen LogP contribution in [0.15, 0.2) is 24.3 Å². The highest BCUT2D eigenvalue weighted by Crippen LogP contribution is 2.33. The fourth-order valence-corrected chi connectivity index (χ4v) is 2.66. The summed E-state index contributed by atoms with van der Waals surface area (Å²) in [6.45, 7) is -0.625. The monoisotopic (exact) mass is 266 g/mol. The van der Waals surface area contributed by atoms with Crippen LogP contribution in [-0.4, -0.2) is 35.4 Å². The molecule has 0 spiro atoms. The third-order valence-corrected chi connectivity index (χ3v) is 3.80. The minimum absolute atomic E-state index is 0.312. The van der Waals surface area contributed by atoms with E-state index in [0.29, 0.717) is 10.6 Å². The van der Waals surface area contributed by atoms with Gasteiger partial charge in [0, 0.05) is 10.1 Å². The summed E-state index contributed by atoms with van der Waals surface area (Å²) in [6.07, 6.45) is 0. The van der Waals surface area contributed by atoms with Crippen LogP contribution in [0, 0.1) is 0 Å². The Hall–Kier alpha value is -1.63. The van der Waals surface area contributed by atoms with Crippen LogP contribution >= 0.6 is 11.3 Å². The zero-order valence-electron chi connectivity index (χ0n) is 9.59. The Morgan fingerprint density at radius 2 is 2.00 bits per heavy atom. The first-order valence-electron chi connectivity index (χ1n) is 5.47. The van der Waals surface area contributed by atoms with Gasteiger partial charge in [0.25, 0.3) is 5.91 Å². The van der Waals surface area contributed by atoms with Crippen LogP contribution in [-0.2, 0) is 0 Å². The molecule has 0 radical (unpaired) electrons. The van der Waals surface area contributed by atoms with E-state index in [1.165, 1.54) is 11.3 Å². The summed E-state index contributed by atoms with van der Waals surface area (Å²) in [4.78, 5) is 12.4. The van der Waals surface area contributed by atoms with Gasteiger partial charge in [0.1, 0.15) is 4.88 Å². The number of fused-ring (bicyclic) bond motifs is 1. The molecule has 0 saturated heterocycles. The van der Waals surface area contributed by atoms with E-state index in [1.54, 1.807) is 0 Å². The predicted molar refractivity (Wildman–Crippen MR) is 71.7 cm³/mol. The van der Waals surface area contributed by atoms with Crippen LogP contribution in [0.2, 0.25) is 0 Å². The van der Waals surface area contributed by atoms with Crippen molar-refractivity contribution >= 4 is 33.0 Å². The average Bonchev–Trinajstić information content (AvgIpc) is 2.74. The molecule has 0 aliphatic carbocycles. The van der Waals surface area contributed by atoms with Crippen LogP contribution in [0.25, 0.3) is 10.1 Å². The topological polar surface area (TPSA) is 95.6 Å². The summed E-state index contributed by atoms with van der Waals surface area (Å²) in [5.74, 6) is -0.373. The number of aliphatic hydroxyl groups is 2. The average molecular weight is 266 g/mol. The van der Waals surface area contributed by atoms with Gasteiger partial charge in [0.2, 0.25) is 0 Å². The molecule has 18 heavy (non-hydrogen) atoms. The second kappa shape index (κ2) is 5.34. The van der Waals surface area contributed by atoms with Gasteiger partial charge in [-0.15, -0.1) is 11.3 Å². The molecule has 6 heteroatoms. The van der Waals surface area contributed by atoms with Crippen LogP contribution in [0.4, 0.5) is 5.69 Å². The molecule has 1 heterocycles. The van der Waals surface area contributed by atoms with Crippen molar-refractivity contribution in [3.63, 3.8) is 0 Å². The number of hydrogen-bond acceptors (Lipinski definition) is 5. The number of amides is 1. The zero-order valence-corrected chi connectivity index (χ0v) is 10.4. The highest BCUT2D eigenvalue weighted by Gasteiger charge is 2.18. The molecule has 1 aromatic carbocycles. The number of carbonyl (C=O) groups excluding carboxylic acids is 1. The summed E-state index contributed by atoms with van der Waals surface area (Å²) in [6, 6.07) is 6.82. The summed E-state index contributed by atoms with van der Waals surface area (Å²) in [5, 5.41) is 21.2. The lowest BCUT2D eigenvalue weighted by atomic mass is 10.2. The smallest absolute Gasteiger partial charge is 0.263 e. The molecular formula is C12H14N2O3S. The fraction of sp³-hybridized carbons (Fsp3) is 0.250. The van der Waals surface area contributed by atoms with E-state index < -0.39 is 6.04 Å². The highest BCUT2D eigenvalue weighted by atomic mass is 32.1. The summed E-state index contributed by atoms with van der Waals surface area (Å²) in [7, 11) is 0. The van der Waals surface area contributed by atoms with Crippen LogP contribution in [0.1, 0.15) is 9.67 Å². The van der Waals surface area contributed by atoms with E-state index in [4.69, 9.17) is 15.9 Å². The van der Waals surface area contributed by atoms with E-state index in [9.17, 15) is 4.79 Å². The number of aliphatic hydroxyl groups excluding tert-OH is 2. The van der Waals surface area contributed by atoms with Gasteiger partial charge in [-0.2, -0.15) is 0 Å². The van der Waals surface area contributed by atoms with E-state index in [2.05, 4.69) is 5.32 Å². The Balaban J connectivity index is 2.30. The number of benzene rings is 1. The number of nitrogen functional groups attached to an aromatic ring is 1. The number of thiophene rings is 1. The van der Waals surface area contributed by atoms with Gasteiger partial charge in [-0.3, -0.25) is 4.79 Å². The van der Waals surface area contributed by atoms with E-state index >= 15 is 0 Å². The van der Waals surface area contributed by atoms with Gasteiger partial charge in [-0.05, 0) is 6.07 Å². The van der Waals surface area contributed by atoms with Crippen molar-refractivity contribution in [2.24, 2.45) is 0 Å². The molecule has 0 aliphatic heterocycles. The number of rotatable bonds is 4. The summed E-state index contributed by atoms with van der Waals surface area (Å²) in [5.41, 5.74) is 6.36. The van der Waals surface area contributed by atoms with Crippen LogP contribution in [0.5, 0.6) is 0 Å². The Labute approximate surface area is 108 Å². The molecule has 2 aromatic rings. The molecule has 0 atom stereocenters. The molecule has 5 nitrogen and oxygen atoms in total. The Morgan fingerprint density at radius 1 is 1.33 bits per heavy atom. The maximum atomic E-state index is 12.0. The quantitative estimate of drug-likeness (QED) is 0.650. The van der Waals surface area contributed by atoms with E-state index in [0.717, 1.165) is 10.1 Å². The third kappa shape index (κ3) is 2.31. The highest BCUT2D eigenvalue weighted by molar-refractivity contribution is 7.21. The molecule has 1 amide bonds. The van der Waals surface area contributed by atoms with E-state index in [1.807, 2.05) is 24.3 Å². The minimum atomic E-state index is -0.665. The summed E-state index contributed by atoms with van der Waals surface area (Å²) < 4.78 is 0.935. The third-order valence-electron chi connectivity index (χ3n) is 2.62. The molecule has 0 unspecified atom stereocenters. The standard InChI is InChI=1S/C12H14N2O3S/c13-10-8-3-1-2-4-9(8)18-11(10)12(17)14-7(5-15)6-16/h1-4,7,15-16H,5-6,13H2,(H,14,17). The van der Waals surface area contributed by atoms with Crippen molar-refractivity contribution in [2.45, 2.75) is 6.04 Å². The Morgan fingerprint density at radius 3 is 2.61 bits per heavy atom. The minimum Gasteiger partial charge on any atom is -0.397 e. The van der Waals surface area contributed by atoms with Crippen LogP contribution in [0.3, 0.4) is 0 Å². The number of anilines is 1. The Bertz CT molecular complexity index is 563. The van der Waals surface area contributed by atoms with Crippen molar-refractivity contribution < 1.29 is 15.0 Å². The van der Waals surface area contributed by atoms with Crippen molar-refractivity contribution in [1.82, 2.24) is 5.32 Å². The van der Waals surface area contributed by atoms with Gasteiger partial charge in [0.15, 0.2) is 0 Å². The molecule has 0 aliphatic rings. The first kappa shape index (κ1) is 12.8. The predicted octanol–water partition coefficient (Wildman–Crippen LogP) is 0.566. The number of nitrogens with two attached hydrogens (primary N) is 1. The molecule has 0 fully saturated rings. The maximum Gasteiger partial charge on any atom is 0.263 e. The lowest BCUT2D eigenvalue weighted by Gasteiger charge is -2.12. The SMILES string of the molecule is Nc1c(C(=O)NC(CO)CO)sc2ccccc12. The molecule has 2 rings (SSSR count). The second-order valence-corrected chi connectivity index (χ2v) is 4.93. The molecule has 96 valence electrons. The van der Waals surface area contributed by atoms with Gasteiger partial charge in [0.05, 0.1) is 24.9 Å². The van der Waals surface area contributed by atoms with Crippen LogP contribution < -0.4 is 11.1 Å². The van der Waals surface area contributed by atoms with Gasteiger partial charge < -0.3 is 21.3 Å². The van der Waals surface area contributed by atoms with Gasteiger partial charge in [-0.25, -0.2) is 0 Å². The first-order chi connectivity index (χ1) is 8.67. The number of nitrogens with one attached hydrogen (secondary N) is 1. The van der Waals surface area contributed by atoms with Gasteiger partial charge >= 0.3 is 0 Å². The molecule has 1 aromatic heterocycles. The van der Waals surface area contributed by atoms with Crippen molar-refractivity contribution in [3.8, 4) is 0 Å². The molecular weight excluding hydrogens is 252 g/mol. The van der Waals surface area contributed by atoms with Crippen molar-refractivity contribution in [1.29, 1.82) is 0 Å². The lowest BCUT2D eigenvalue weighted by molar-refractivity contribution is 0.0884. The first-order valence-corrected chi connectivity index (χ1v) is 6.28. The van der Waals surface area contributed by atoms with Gasteiger partial charge in [-0.1, -0.05) is 18.2 Å². The number of carbonyl (C=O) groups is 1. The second-order valence-electron chi connectivity index (χ2n) is 3.88. The Kier molecular flexibility index (Phi) is 3.81. The zero-order chi connectivity index (χ0) is 13.1. The lowest BCUT2D eigenvalue weighted by Crippen LogP contribution is -2.39. The van der Waals surface area contributed by atoms with E-state index in [-0.39, 0.29) is 19.1 Å². The molecule has 0 saturated carbocycles. The number of hydrogen-bond donors (Lipinski definition) is 4. The molecule has 5 N–H and O–H groups in total. The largest absolute Gasteiger partial charge is 0.397 e. The van der Waals surface area contributed by atoms with Crippen molar-refractivity contribution in [2.75, 3.05) is 18.9 Å². The molecule has 0 bridgehead atoms. The normalized spacial score (nSPS) is 11.1. The fourth-order valence-electron chi connectivity index (χ4n) is 1.63.